The van der Waals surface area contributed by atoms with Crippen LogP contribution in [0.4, 0.5) is 0 Å². The molecule has 0 N–H and O–H groups in total. The van der Waals surface area contributed by atoms with Crippen LogP contribution in [0.15, 0.2) is 22.1 Å². The van der Waals surface area contributed by atoms with E-state index in [1.54, 1.807) is 0 Å². The van der Waals surface area contributed by atoms with Gasteiger partial charge in [0.05, 0.1) is 10.5 Å². The summed E-state index contributed by atoms with van der Waals surface area (Å²) < 4.78 is 0. The predicted octanol–water partition coefficient (Wildman–Crippen LogP) is 3.03. The van der Waals surface area contributed by atoms with Crippen LogP contribution in [0.5, 0.6) is 0 Å². The van der Waals surface area contributed by atoms with Crippen LogP contribution in [0.25, 0.3) is 0 Å². The molecule has 0 rings (SSSR count). The Hall–Kier alpha value is -0.463. The number of allylic oxidation sites excluding steroid dienone is 1. The van der Waals surface area contributed by atoms with E-state index < -0.39 is 8.07 Å². The van der Waals surface area contributed by atoms with Crippen molar-refractivity contribution in [3.8, 4) is 0 Å². The number of rotatable bonds is 2. The molecule has 0 atom stereocenters. The average Bonchev–Trinajstić information content (AvgIpc) is 1.85. The summed E-state index contributed by atoms with van der Waals surface area (Å²) in [6.45, 7) is 8.54. The highest BCUT2D eigenvalue weighted by molar-refractivity contribution is 7.78. The van der Waals surface area contributed by atoms with Crippen molar-refractivity contribution in [2.75, 3.05) is 0 Å². The van der Waals surface area contributed by atoms with Crippen LogP contribution in [0, 0.1) is 0 Å². The highest BCUT2D eigenvalue weighted by atomic mass is 32.1. The van der Waals surface area contributed by atoms with E-state index in [1.165, 1.54) is 0 Å². The molecule has 0 spiro atoms. The van der Waals surface area contributed by atoms with Gasteiger partial charge < -0.3 is 0 Å². The van der Waals surface area contributed by atoms with Gasteiger partial charge in [-0.3, -0.25) is 0 Å². The zero-order valence-electron chi connectivity index (χ0n) is 7.43. The molecule has 0 unspecified atom stereocenters. The molecule has 60 valence electrons. The first-order valence-electron chi connectivity index (χ1n) is 3.52. The van der Waals surface area contributed by atoms with Crippen LogP contribution >= 0.6 is 12.2 Å². The molecule has 0 fully saturated rings. The minimum absolute atomic E-state index is 0.981. The van der Waals surface area contributed by atoms with Crippen molar-refractivity contribution in [1.29, 1.82) is 0 Å². The standard InChI is InChI=1S/C8H13NSSi/c1-5-6-8(9-7-10)11(2,3)4/h5H,1-4H3. The van der Waals surface area contributed by atoms with Gasteiger partial charge in [-0.1, -0.05) is 19.6 Å². The van der Waals surface area contributed by atoms with E-state index in [1.807, 2.05) is 13.0 Å². The first kappa shape index (κ1) is 10.5. The maximum atomic E-state index is 4.54. The molecule has 0 aliphatic carbocycles. The first-order chi connectivity index (χ1) is 5.02. The Morgan fingerprint density at radius 3 is 2.27 bits per heavy atom. The Bertz CT molecular complexity index is 237. The van der Waals surface area contributed by atoms with E-state index in [2.05, 4.69) is 47.7 Å². The van der Waals surface area contributed by atoms with Crippen LogP contribution < -0.4 is 0 Å². The average molecular weight is 183 g/mol. The lowest BCUT2D eigenvalue weighted by Gasteiger charge is -2.12. The monoisotopic (exact) mass is 183 g/mol. The first-order valence-corrected chi connectivity index (χ1v) is 7.43. The Balaban J connectivity index is 4.94. The minimum atomic E-state index is -1.35. The summed E-state index contributed by atoms with van der Waals surface area (Å²) in [6.07, 6.45) is 1.86. The largest absolute Gasteiger partial charge is 0.196 e. The molecule has 0 aromatic heterocycles. The number of isothiocyanates is 1. The molecule has 0 saturated carbocycles. The van der Waals surface area contributed by atoms with E-state index in [0.717, 1.165) is 5.32 Å². The topological polar surface area (TPSA) is 12.4 Å². The summed E-state index contributed by atoms with van der Waals surface area (Å²) in [5.74, 6) is 0. The quantitative estimate of drug-likeness (QED) is 0.277. The number of hydrogen-bond acceptors (Lipinski definition) is 2. The Kier molecular flexibility index (Phi) is 4.24. The van der Waals surface area contributed by atoms with Gasteiger partial charge in [0.2, 0.25) is 0 Å². The molecular weight excluding hydrogens is 170 g/mol. The number of nitrogens with zero attached hydrogens (tertiary/aromatic N) is 1. The fraction of sp³-hybridized carbons (Fsp3) is 0.500. The smallest absolute Gasteiger partial charge is 0.112 e. The van der Waals surface area contributed by atoms with Crippen molar-refractivity contribution < 1.29 is 0 Å². The lowest BCUT2D eigenvalue weighted by molar-refractivity contribution is 1.46. The van der Waals surface area contributed by atoms with Crippen molar-refractivity contribution in [3.05, 3.63) is 17.1 Å². The van der Waals surface area contributed by atoms with Crippen LogP contribution in [0.2, 0.25) is 19.6 Å². The normalized spacial score (nSPS) is 9.45. The summed E-state index contributed by atoms with van der Waals surface area (Å²) in [4.78, 5) is 3.99. The number of hydrogen-bond donors (Lipinski definition) is 0. The molecule has 0 aliphatic heterocycles. The summed E-state index contributed by atoms with van der Waals surface area (Å²) >= 11 is 4.54. The van der Waals surface area contributed by atoms with Gasteiger partial charge in [0.25, 0.3) is 0 Å². The fourth-order valence-corrected chi connectivity index (χ4v) is 1.74. The van der Waals surface area contributed by atoms with E-state index in [4.69, 9.17) is 0 Å². The molecule has 0 aromatic rings. The Labute approximate surface area is 74.5 Å². The SMILES string of the molecule is CC=C=C(N=C=S)[Si](C)(C)C. The van der Waals surface area contributed by atoms with Gasteiger partial charge in [0.1, 0.15) is 8.07 Å². The molecule has 0 bridgehead atoms. The van der Waals surface area contributed by atoms with Gasteiger partial charge in [-0.25, -0.2) is 0 Å². The maximum absolute atomic E-state index is 4.54. The minimum Gasteiger partial charge on any atom is -0.196 e. The summed E-state index contributed by atoms with van der Waals surface area (Å²) in [7, 11) is -1.35. The molecule has 1 nitrogen and oxygen atoms in total. The molecule has 0 heterocycles. The van der Waals surface area contributed by atoms with Crippen molar-refractivity contribution in [2.24, 2.45) is 4.99 Å². The second kappa shape index (κ2) is 4.42. The molecule has 11 heavy (non-hydrogen) atoms. The van der Waals surface area contributed by atoms with Gasteiger partial charge in [-0.15, -0.1) is 5.73 Å². The summed E-state index contributed by atoms with van der Waals surface area (Å²) in [6, 6.07) is 0. The summed E-state index contributed by atoms with van der Waals surface area (Å²) in [5, 5.41) is 3.36. The molecular formula is C8H13NSSi. The van der Waals surface area contributed by atoms with E-state index in [0.29, 0.717) is 0 Å². The van der Waals surface area contributed by atoms with Gasteiger partial charge in [-0.2, -0.15) is 4.99 Å². The Morgan fingerprint density at radius 2 is 2.00 bits per heavy atom. The van der Waals surface area contributed by atoms with Gasteiger partial charge in [0.15, 0.2) is 0 Å². The second-order valence-corrected chi connectivity index (χ2v) is 8.39. The lowest BCUT2D eigenvalue weighted by Crippen LogP contribution is -2.22. The van der Waals surface area contributed by atoms with Gasteiger partial charge in [0, 0.05) is 0 Å². The third-order valence-electron chi connectivity index (χ3n) is 1.15. The Morgan fingerprint density at radius 1 is 1.45 bits per heavy atom. The van der Waals surface area contributed by atoms with Crippen LogP contribution in [0.3, 0.4) is 0 Å². The van der Waals surface area contributed by atoms with E-state index in [9.17, 15) is 0 Å². The molecule has 0 amide bonds. The van der Waals surface area contributed by atoms with Crippen LogP contribution in [-0.4, -0.2) is 13.2 Å². The number of thiocarbonyl (C=S) groups is 1. The summed E-state index contributed by atoms with van der Waals surface area (Å²) in [5.41, 5.74) is 3.08. The maximum Gasteiger partial charge on any atom is 0.112 e. The predicted molar refractivity (Wildman–Crippen MR) is 55.6 cm³/mol. The van der Waals surface area contributed by atoms with E-state index in [-0.39, 0.29) is 0 Å². The third kappa shape index (κ3) is 4.07. The molecule has 0 aromatic carbocycles. The van der Waals surface area contributed by atoms with Crippen molar-refractivity contribution in [1.82, 2.24) is 0 Å². The lowest BCUT2D eigenvalue weighted by atomic mass is 10.7. The third-order valence-corrected chi connectivity index (χ3v) is 2.92. The van der Waals surface area contributed by atoms with E-state index >= 15 is 0 Å². The molecule has 0 aliphatic rings. The zero-order chi connectivity index (χ0) is 8.91. The molecule has 0 saturated heterocycles. The second-order valence-electron chi connectivity index (χ2n) is 3.23. The van der Waals surface area contributed by atoms with Crippen LogP contribution in [0.1, 0.15) is 6.92 Å². The van der Waals surface area contributed by atoms with Crippen LogP contribution in [-0.2, 0) is 0 Å². The van der Waals surface area contributed by atoms with Crippen molar-refractivity contribution in [3.63, 3.8) is 0 Å². The van der Waals surface area contributed by atoms with Gasteiger partial charge in [-0.05, 0) is 25.2 Å². The molecule has 0 radical (unpaired) electrons. The van der Waals surface area contributed by atoms with Crippen molar-refractivity contribution >= 4 is 25.5 Å². The highest BCUT2D eigenvalue weighted by Crippen LogP contribution is 2.13. The zero-order valence-corrected chi connectivity index (χ0v) is 9.25. The molecule has 3 heteroatoms. The van der Waals surface area contributed by atoms with Crippen molar-refractivity contribution in [2.45, 2.75) is 26.6 Å². The fourth-order valence-electron chi connectivity index (χ4n) is 0.599. The number of aliphatic imine (C=N–C) groups is 1. The van der Waals surface area contributed by atoms with Gasteiger partial charge >= 0.3 is 0 Å². The highest BCUT2D eigenvalue weighted by Gasteiger charge is 2.18.